The van der Waals surface area contributed by atoms with Gasteiger partial charge < -0.3 is 0 Å². The third kappa shape index (κ3) is 1.62. The normalized spacial score (nSPS) is 12.4. The van der Waals surface area contributed by atoms with E-state index >= 15 is 0 Å². The van der Waals surface area contributed by atoms with Gasteiger partial charge in [-0.1, -0.05) is 60.7 Å². The average molecular weight is 359 g/mol. The van der Waals surface area contributed by atoms with Crippen LogP contribution in [0, 0.1) is 0 Å². The van der Waals surface area contributed by atoms with Crippen LogP contribution in [0.3, 0.4) is 0 Å². The predicted octanol–water partition coefficient (Wildman–Crippen LogP) is 7.45. The fourth-order valence-electron chi connectivity index (χ4n) is 4.74. The van der Waals surface area contributed by atoms with Gasteiger partial charge in [0.1, 0.15) is 4.83 Å². The monoisotopic (exact) mass is 359 g/mol. The Kier molecular flexibility index (Phi) is 2.44. The van der Waals surface area contributed by atoms with E-state index in [1.165, 1.54) is 58.9 Å². The third-order valence-electron chi connectivity index (χ3n) is 5.84. The lowest BCUT2D eigenvalue weighted by Gasteiger charge is -2.15. The molecule has 7 rings (SSSR count). The summed E-state index contributed by atoms with van der Waals surface area (Å²) in [6, 6.07) is 26.5. The summed E-state index contributed by atoms with van der Waals surface area (Å²) in [7, 11) is 0. The Morgan fingerprint density at radius 2 is 1.48 bits per heavy atom. The van der Waals surface area contributed by atoms with E-state index in [2.05, 4.69) is 72.8 Å². The number of pyridine rings is 1. The Labute approximate surface area is 159 Å². The minimum absolute atomic E-state index is 1.14. The van der Waals surface area contributed by atoms with Crippen LogP contribution in [0.15, 0.2) is 79.0 Å². The van der Waals surface area contributed by atoms with E-state index in [1.54, 1.807) is 0 Å². The lowest BCUT2D eigenvalue weighted by atomic mass is 9.88. The molecule has 0 aliphatic carbocycles. The molecule has 0 aliphatic heterocycles. The van der Waals surface area contributed by atoms with Crippen molar-refractivity contribution in [2.75, 3.05) is 0 Å². The van der Waals surface area contributed by atoms with E-state index in [9.17, 15) is 0 Å². The lowest BCUT2D eigenvalue weighted by Crippen LogP contribution is -1.88. The topological polar surface area (TPSA) is 12.9 Å². The highest BCUT2D eigenvalue weighted by atomic mass is 32.1. The Hall–Kier alpha value is -3.23. The number of thiophene rings is 1. The van der Waals surface area contributed by atoms with Gasteiger partial charge >= 0.3 is 0 Å². The highest BCUT2D eigenvalue weighted by Gasteiger charge is 2.21. The number of hydrogen-bond donors (Lipinski definition) is 0. The summed E-state index contributed by atoms with van der Waals surface area (Å²) < 4.78 is 1.35. The van der Waals surface area contributed by atoms with E-state index in [1.807, 2.05) is 17.5 Å². The van der Waals surface area contributed by atoms with Crippen LogP contribution in [-0.4, -0.2) is 4.98 Å². The first-order chi connectivity index (χ1) is 13.4. The summed E-state index contributed by atoms with van der Waals surface area (Å²) in [5.74, 6) is 0. The summed E-state index contributed by atoms with van der Waals surface area (Å²) in [4.78, 5) is 5.87. The molecule has 0 radical (unpaired) electrons. The molecule has 27 heavy (non-hydrogen) atoms. The second-order valence-corrected chi connectivity index (χ2v) is 8.20. The SMILES string of the molecule is c1ccc(-c2cc3ccc4cccc5c6ccnc7sc2c(c76)c3c45)cc1. The van der Waals surface area contributed by atoms with Crippen LogP contribution < -0.4 is 0 Å². The van der Waals surface area contributed by atoms with Gasteiger partial charge in [0.2, 0.25) is 0 Å². The maximum atomic E-state index is 4.73. The maximum Gasteiger partial charge on any atom is 0.125 e. The van der Waals surface area contributed by atoms with Gasteiger partial charge in [0.25, 0.3) is 0 Å². The quantitative estimate of drug-likeness (QED) is 0.219. The van der Waals surface area contributed by atoms with Gasteiger partial charge in [-0.3, -0.25) is 0 Å². The first-order valence-corrected chi connectivity index (χ1v) is 9.97. The standard InChI is InChI=1S/C25H13NS/c1-2-5-14(6-3-1)19-13-16-10-9-15-7-4-8-17-18-11-12-26-25-22(18)23(24(19)27-25)21(16)20(15)17/h1-13H. The Bertz CT molecular complexity index is 1610. The van der Waals surface area contributed by atoms with Gasteiger partial charge in [-0.2, -0.15) is 0 Å². The van der Waals surface area contributed by atoms with Gasteiger partial charge in [-0.15, -0.1) is 11.3 Å². The molecular weight excluding hydrogens is 346 g/mol. The second-order valence-electron chi connectivity index (χ2n) is 7.20. The molecule has 0 bridgehead atoms. The molecule has 0 aliphatic rings. The lowest BCUT2D eigenvalue weighted by molar-refractivity contribution is 1.46. The molecule has 2 aromatic heterocycles. The first kappa shape index (κ1) is 13.9. The van der Waals surface area contributed by atoms with Crippen molar-refractivity contribution in [2.24, 2.45) is 0 Å². The highest BCUT2D eigenvalue weighted by molar-refractivity contribution is 7.26. The molecule has 0 atom stereocenters. The number of fused-ring (bicyclic) bond motifs is 1. The molecule has 124 valence electrons. The van der Waals surface area contributed by atoms with Crippen LogP contribution in [0.5, 0.6) is 0 Å². The van der Waals surface area contributed by atoms with Crippen molar-refractivity contribution in [3.63, 3.8) is 0 Å². The maximum absolute atomic E-state index is 4.73. The molecule has 7 aromatic rings. The van der Waals surface area contributed by atoms with Crippen molar-refractivity contribution < 1.29 is 0 Å². The fraction of sp³-hybridized carbons (Fsp3) is 0. The van der Waals surface area contributed by atoms with E-state index in [0.717, 1.165) is 4.83 Å². The number of rotatable bonds is 1. The van der Waals surface area contributed by atoms with Crippen LogP contribution in [0.2, 0.25) is 0 Å². The van der Waals surface area contributed by atoms with Gasteiger partial charge in [-0.05, 0) is 50.0 Å². The molecule has 0 saturated carbocycles. The van der Waals surface area contributed by atoms with Crippen LogP contribution in [-0.2, 0) is 0 Å². The highest BCUT2D eigenvalue weighted by Crippen LogP contribution is 2.50. The van der Waals surface area contributed by atoms with Crippen molar-refractivity contribution in [3.8, 4) is 11.1 Å². The minimum atomic E-state index is 1.14. The molecule has 0 saturated heterocycles. The van der Waals surface area contributed by atoms with Crippen LogP contribution in [0.1, 0.15) is 0 Å². The van der Waals surface area contributed by atoms with E-state index in [4.69, 9.17) is 4.98 Å². The van der Waals surface area contributed by atoms with E-state index in [-0.39, 0.29) is 0 Å². The molecule has 0 fully saturated rings. The van der Waals surface area contributed by atoms with Gasteiger partial charge in [0.15, 0.2) is 0 Å². The number of benzene rings is 5. The average Bonchev–Trinajstić information content (AvgIpc) is 3.13. The zero-order valence-electron chi connectivity index (χ0n) is 14.4. The molecule has 0 N–H and O–H groups in total. The zero-order valence-corrected chi connectivity index (χ0v) is 15.2. The number of hydrogen-bond acceptors (Lipinski definition) is 2. The van der Waals surface area contributed by atoms with Crippen LogP contribution in [0.25, 0.3) is 63.7 Å². The Morgan fingerprint density at radius 1 is 0.630 bits per heavy atom. The van der Waals surface area contributed by atoms with Crippen molar-refractivity contribution >= 4 is 64.0 Å². The third-order valence-corrected chi connectivity index (χ3v) is 6.97. The van der Waals surface area contributed by atoms with Crippen molar-refractivity contribution in [2.45, 2.75) is 0 Å². The first-order valence-electron chi connectivity index (χ1n) is 9.15. The summed E-state index contributed by atoms with van der Waals surface area (Å²) in [6.07, 6.45) is 1.96. The molecule has 0 spiro atoms. The smallest absolute Gasteiger partial charge is 0.125 e. The molecular formula is C25H13NS. The summed E-state index contributed by atoms with van der Waals surface area (Å²) in [6.45, 7) is 0. The van der Waals surface area contributed by atoms with Gasteiger partial charge in [0.05, 0.1) is 0 Å². The summed E-state index contributed by atoms with van der Waals surface area (Å²) in [5.41, 5.74) is 2.58. The molecule has 0 unspecified atom stereocenters. The van der Waals surface area contributed by atoms with Gasteiger partial charge in [-0.25, -0.2) is 4.98 Å². The predicted molar refractivity (Wildman–Crippen MR) is 117 cm³/mol. The fourth-order valence-corrected chi connectivity index (χ4v) is 5.95. The Balaban J connectivity index is 1.87. The molecule has 1 nitrogen and oxygen atoms in total. The Morgan fingerprint density at radius 3 is 2.41 bits per heavy atom. The molecule has 2 heterocycles. The molecule has 2 heteroatoms. The van der Waals surface area contributed by atoms with E-state index in [0.29, 0.717) is 0 Å². The summed E-state index contributed by atoms with van der Waals surface area (Å²) >= 11 is 1.83. The zero-order chi connectivity index (χ0) is 17.5. The van der Waals surface area contributed by atoms with Gasteiger partial charge in [0, 0.05) is 27.2 Å². The minimum Gasteiger partial charge on any atom is -0.245 e. The van der Waals surface area contributed by atoms with Crippen molar-refractivity contribution in [1.29, 1.82) is 0 Å². The van der Waals surface area contributed by atoms with Crippen molar-refractivity contribution in [1.82, 2.24) is 4.98 Å². The van der Waals surface area contributed by atoms with Crippen LogP contribution in [0.4, 0.5) is 0 Å². The number of nitrogens with zero attached hydrogens (tertiary/aromatic N) is 1. The van der Waals surface area contributed by atoms with Crippen molar-refractivity contribution in [3.05, 3.63) is 79.0 Å². The molecule has 5 aromatic carbocycles. The van der Waals surface area contributed by atoms with E-state index < -0.39 is 0 Å². The second kappa shape index (κ2) is 4.73. The molecule has 0 amide bonds. The largest absolute Gasteiger partial charge is 0.245 e. The van der Waals surface area contributed by atoms with Crippen LogP contribution >= 0.6 is 11.3 Å². The number of aromatic nitrogens is 1. The summed E-state index contributed by atoms with van der Waals surface area (Å²) in [5, 5.41) is 10.8.